The van der Waals surface area contributed by atoms with E-state index in [0.29, 0.717) is 17.8 Å². The molecule has 3 nitrogen and oxygen atoms in total. The van der Waals surface area contributed by atoms with Gasteiger partial charge in [-0.2, -0.15) is 0 Å². The Morgan fingerprint density at radius 1 is 1.46 bits per heavy atom. The quantitative estimate of drug-likeness (QED) is 0.647. The van der Waals surface area contributed by atoms with E-state index in [4.69, 9.17) is 5.11 Å². The molecule has 2 fully saturated rings. The molecule has 0 aromatic rings. The maximum Gasteiger partial charge on any atom is 0.0911 e. The van der Waals surface area contributed by atoms with Gasteiger partial charge >= 0.3 is 0 Å². The first-order chi connectivity index (χ1) is 6.08. The molecule has 2 aliphatic rings. The highest BCUT2D eigenvalue weighted by Gasteiger charge is 2.64. The number of aliphatic hydroxyl groups excluding tert-OH is 1. The Bertz CT molecular complexity index is 207. The van der Waals surface area contributed by atoms with Gasteiger partial charge in [0.05, 0.1) is 12.2 Å². The van der Waals surface area contributed by atoms with Crippen LogP contribution in [0, 0.1) is 17.8 Å². The lowest BCUT2D eigenvalue weighted by Crippen LogP contribution is -2.35. The Balaban J connectivity index is 1.95. The van der Waals surface area contributed by atoms with Crippen LogP contribution in [-0.2, 0) is 0 Å². The van der Waals surface area contributed by atoms with Gasteiger partial charge in [0.25, 0.3) is 0 Å². The predicted molar refractivity (Wildman–Crippen MR) is 50.3 cm³/mol. The zero-order chi connectivity index (χ0) is 9.64. The number of fused-ring (bicyclic) bond motifs is 1. The third-order valence-corrected chi connectivity index (χ3v) is 3.71. The van der Waals surface area contributed by atoms with Crippen LogP contribution in [0.3, 0.4) is 0 Å². The van der Waals surface area contributed by atoms with E-state index < -0.39 is 5.60 Å². The van der Waals surface area contributed by atoms with Gasteiger partial charge < -0.3 is 15.1 Å². The lowest BCUT2D eigenvalue weighted by atomic mass is 9.95. The van der Waals surface area contributed by atoms with Gasteiger partial charge in [0, 0.05) is 6.54 Å². The van der Waals surface area contributed by atoms with Crippen LogP contribution in [0.15, 0.2) is 0 Å². The van der Waals surface area contributed by atoms with Crippen LogP contribution >= 0.6 is 0 Å². The second-order valence-electron chi connectivity index (χ2n) is 4.92. The van der Waals surface area contributed by atoms with Crippen LogP contribution in [0.1, 0.15) is 12.8 Å². The van der Waals surface area contributed by atoms with Crippen molar-refractivity contribution in [1.82, 2.24) is 4.90 Å². The van der Waals surface area contributed by atoms with Gasteiger partial charge in [0.2, 0.25) is 0 Å². The molecule has 2 saturated carbocycles. The fourth-order valence-electron chi connectivity index (χ4n) is 3.07. The third-order valence-electron chi connectivity index (χ3n) is 3.71. The van der Waals surface area contributed by atoms with E-state index in [0.717, 1.165) is 19.4 Å². The van der Waals surface area contributed by atoms with Crippen molar-refractivity contribution in [3.8, 4) is 0 Å². The van der Waals surface area contributed by atoms with E-state index in [9.17, 15) is 5.11 Å². The Kier molecular flexibility index (Phi) is 2.13. The summed E-state index contributed by atoms with van der Waals surface area (Å²) in [6.45, 7) is 0.996. The molecule has 0 saturated heterocycles. The van der Waals surface area contributed by atoms with Crippen molar-refractivity contribution < 1.29 is 10.2 Å². The van der Waals surface area contributed by atoms with Gasteiger partial charge in [-0.05, 0) is 44.7 Å². The van der Waals surface area contributed by atoms with Crippen LogP contribution in [0.2, 0.25) is 0 Å². The molecule has 0 bridgehead atoms. The van der Waals surface area contributed by atoms with E-state index in [1.807, 2.05) is 0 Å². The first-order valence-electron chi connectivity index (χ1n) is 5.06. The van der Waals surface area contributed by atoms with E-state index in [1.54, 1.807) is 0 Å². The van der Waals surface area contributed by atoms with Gasteiger partial charge in [0.1, 0.15) is 0 Å². The average molecular weight is 185 g/mol. The second kappa shape index (κ2) is 2.94. The summed E-state index contributed by atoms with van der Waals surface area (Å²) in [5, 5.41) is 19.1. The second-order valence-corrected chi connectivity index (χ2v) is 4.92. The fourth-order valence-corrected chi connectivity index (χ4v) is 3.07. The summed E-state index contributed by atoms with van der Waals surface area (Å²) in [5.74, 6) is 1.68. The summed E-state index contributed by atoms with van der Waals surface area (Å²) >= 11 is 0. The monoisotopic (exact) mass is 185 g/mol. The van der Waals surface area contributed by atoms with Crippen LogP contribution < -0.4 is 0 Å². The molecule has 76 valence electrons. The fraction of sp³-hybridized carbons (Fsp3) is 1.00. The summed E-state index contributed by atoms with van der Waals surface area (Å²) in [5.41, 5.74) is -0.745. The molecule has 2 N–H and O–H groups in total. The summed E-state index contributed by atoms with van der Waals surface area (Å²) < 4.78 is 0. The van der Waals surface area contributed by atoms with Crippen molar-refractivity contribution >= 4 is 0 Å². The minimum absolute atomic E-state index is 0.0574. The molecule has 1 unspecified atom stereocenters. The molecule has 4 atom stereocenters. The van der Waals surface area contributed by atoms with E-state index in [-0.39, 0.29) is 6.61 Å². The molecule has 0 spiro atoms. The molecular weight excluding hydrogens is 166 g/mol. The predicted octanol–water partition coefficient (Wildman–Crippen LogP) is -0.0726. The minimum Gasteiger partial charge on any atom is -0.393 e. The van der Waals surface area contributed by atoms with Crippen molar-refractivity contribution in [3.05, 3.63) is 0 Å². The number of rotatable bonds is 3. The number of hydrogen-bond acceptors (Lipinski definition) is 3. The van der Waals surface area contributed by atoms with Gasteiger partial charge in [-0.3, -0.25) is 0 Å². The van der Waals surface area contributed by atoms with Gasteiger partial charge in [-0.25, -0.2) is 0 Å². The minimum atomic E-state index is -0.745. The van der Waals surface area contributed by atoms with E-state index >= 15 is 0 Å². The normalized spacial score (nSPS) is 48.2. The van der Waals surface area contributed by atoms with Crippen molar-refractivity contribution in [2.45, 2.75) is 18.4 Å². The molecule has 3 heteroatoms. The first kappa shape index (κ1) is 9.44. The van der Waals surface area contributed by atoms with Crippen molar-refractivity contribution in [1.29, 1.82) is 0 Å². The SMILES string of the molecule is CN(C)C[C@H]1[C@H]2CCC(O)(CO)[C@H]21. The van der Waals surface area contributed by atoms with Gasteiger partial charge in [-0.15, -0.1) is 0 Å². The van der Waals surface area contributed by atoms with Crippen LogP contribution in [-0.4, -0.2) is 48.0 Å². The number of nitrogens with zero attached hydrogens (tertiary/aromatic N) is 1. The molecule has 0 aromatic heterocycles. The Morgan fingerprint density at radius 3 is 2.69 bits per heavy atom. The zero-order valence-electron chi connectivity index (χ0n) is 8.40. The highest BCUT2D eigenvalue weighted by Crippen LogP contribution is 2.62. The van der Waals surface area contributed by atoms with Crippen LogP contribution in [0.4, 0.5) is 0 Å². The standard InChI is InChI=1S/C10H19NO2/c1-11(2)5-8-7-3-4-10(13,6-12)9(7)8/h7-9,12-13H,3-6H2,1-2H3/t7-,8+,9-,10?/m1/s1. The summed E-state index contributed by atoms with van der Waals surface area (Å²) in [7, 11) is 4.12. The molecule has 0 radical (unpaired) electrons. The molecule has 2 aliphatic carbocycles. The maximum atomic E-state index is 10.0. The van der Waals surface area contributed by atoms with Crippen molar-refractivity contribution in [2.24, 2.45) is 17.8 Å². The molecular formula is C10H19NO2. The van der Waals surface area contributed by atoms with Crippen molar-refractivity contribution in [2.75, 3.05) is 27.2 Å². The summed E-state index contributed by atoms with van der Waals surface area (Å²) in [4.78, 5) is 2.17. The van der Waals surface area contributed by atoms with Crippen molar-refractivity contribution in [3.63, 3.8) is 0 Å². The largest absolute Gasteiger partial charge is 0.393 e. The Labute approximate surface area is 79.4 Å². The van der Waals surface area contributed by atoms with Crippen LogP contribution in [0.5, 0.6) is 0 Å². The number of aliphatic hydroxyl groups is 2. The third kappa shape index (κ3) is 1.39. The van der Waals surface area contributed by atoms with Gasteiger partial charge in [-0.1, -0.05) is 0 Å². The Morgan fingerprint density at radius 2 is 2.15 bits per heavy atom. The molecule has 0 heterocycles. The topological polar surface area (TPSA) is 43.7 Å². The lowest BCUT2D eigenvalue weighted by Gasteiger charge is -2.24. The smallest absolute Gasteiger partial charge is 0.0911 e. The van der Waals surface area contributed by atoms with E-state index in [2.05, 4.69) is 19.0 Å². The molecule has 0 aromatic carbocycles. The molecule has 0 aliphatic heterocycles. The maximum absolute atomic E-state index is 10.0. The van der Waals surface area contributed by atoms with E-state index in [1.165, 1.54) is 0 Å². The van der Waals surface area contributed by atoms with Crippen LogP contribution in [0.25, 0.3) is 0 Å². The lowest BCUT2D eigenvalue weighted by molar-refractivity contribution is -0.0329. The summed E-state index contributed by atoms with van der Waals surface area (Å²) in [6.07, 6.45) is 1.89. The molecule has 13 heavy (non-hydrogen) atoms. The first-order valence-corrected chi connectivity index (χ1v) is 5.06. The molecule has 2 rings (SSSR count). The number of hydrogen-bond donors (Lipinski definition) is 2. The Hall–Kier alpha value is -0.120. The highest BCUT2D eigenvalue weighted by molar-refractivity contribution is 5.13. The average Bonchev–Trinajstić information content (AvgIpc) is 2.61. The molecule has 0 amide bonds. The zero-order valence-corrected chi connectivity index (χ0v) is 8.40. The summed E-state index contributed by atoms with van der Waals surface area (Å²) in [6, 6.07) is 0. The van der Waals surface area contributed by atoms with Gasteiger partial charge in [0.15, 0.2) is 0 Å². The highest BCUT2D eigenvalue weighted by atomic mass is 16.3.